The summed E-state index contributed by atoms with van der Waals surface area (Å²) in [6, 6.07) is 18.3. The summed E-state index contributed by atoms with van der Waals surface area (Å²) in [6.07, 6.45) is 5.38. The van der Waals surface area contributed by atoms with Crippen molar-refractivity contribution in [1.82, 2.24) is 14.8 Å². The monoisotopic (exact) mass is 413 g/mol. The van der Waals surface area contributed by atoms with Crippen molar-refractivity contribution in [2.24, 2.45) is 7.05 Å². The van der Waals surface area contributed by atoms with Gasteiger partial charge in [0, 0.05) is 42.6 Å². The lowest BCUT2D eigenvalue weighted by molar-refractivity contribution is -0.119. The molecule has 0 aliphatic heterocycles. The number of carbonyl (C=O) groups excluding carboxylic acids is 1. The SMILES string of the molecule is CCC(O)CCC(=O)Cc1ccc2nc(-c3cnn(C)c3)c(-c3ccccc3)cc2c1. The van der Waals surface area contributed by atoms with Gasteiger partial charge >= 0.3 is 0 Å². The van der Waals surface area contributed by atoms with Crippen molar-refractivity contribution in [1.29, 1.82) is 0 Å². The zero-order valence-corrected chi connectivity index (χ0v) is 18.0. The minimum Gasteiger partial charge on any atom is -0.393 e. The van der Waals surface area contributed by atoms with Crippen LogP contribution >= 0.6 is 0 Å². The topological polar surface area (TPSA) is 68.0 Å². The minimum atomic E-state index is -0.399. The number of benzene rings is 2. The molecule has 1 N–H and O–H groups in total. The number of aryl methyl sites for hydroxylation is 1. The molecule has 1 unspecified atom stereocenters. The third-order valence-electron chi connectivity index (χ3n) is 5.57. The third kappa shape index (κ3) is 4.89. The average molecular weight is 414 g/mol. The van der Waals surface area contributed by atoms with E-state index in [-0.39, 0.29) is 5.78 Å². The second-order valence-electron chi connectivity index (χ2n) is 8.00. The summed E-state index contributed by atoms with van der Waals surface area (Å²) in [7, 11) is 1.90. The smallest absolute Gasteiger partial charge is 0.137 e. The second kappa shape index (κ2) is 9.23. The van der Waals surface area contributed by atoms with Crippen molar-refractivity contribution in [3.63, 3.8) is 0 Å². The highest BCUT2D eigenvalue weighted by Gasteiger charge is 2.14. The first-order valence-electron chi connectivity index (χ1n) is 10.7. The summed E-state index contributed by atoms with van der Waals surface area (Å²) < 4.78 is 1.78. The highest BCUT2D eigenvalue weighted by molar-refractivity contribution is 5.92. The zero-order valence-electron chi connectivity index (χ0n) is 18.0. The number of hydrogen-bond donors (Lipinski definition) is 1. The van der Waals surface area contributed by atoms with E-state index in [2.05, 4.69) is 29.4 Å². The summed E-state index contributed by atoms with van der Waals surface area (Å²) in [4.78, 5) is 17.3. The van der Waals surface area contributed by atoms with Gasteiger partial charge in [0.25, 0.3) is 0 Å². The molecule has 0 amide bonds. The van der Waals surface area contributed by atoms with Gasteiger partial charge in [-0.05, 0) is 42.2 Å². The predicted octanol–water partition coefficient (Wildman–Crippen LogP) is 4.97. The fraction of sp³-hybridized carbons (Fsp3) is 0.269. The molecule has 2 aromatic carbocycles. The molecule has 1 atom stereocenters. The lowest BCUT2D eigenvalue weighted by Gasteiger charge is -2.11. The number of hydrogen-bond acceptors (Lipinski definition) is 4. The molecule has 0 fully saturated rings. The molecule has 0 aliphatic rings. The number of ketones is 1. The van der Waals surface area contributed by atoms with E-state index in [4.69, 9.17) is 4.98 Å². The van der Waals surface area contributed by atoms with Gasteiger partial charge in [0.05, 0.1) is 23.5 Å². The molecule has 0 aliphatic carbocycles. The summed E-state index contributed by atoms with van der Waals surface area (Å²) in [6.45, 7) is 1.93. The molecular weight excluding hydrogens is 386 g/mol. The Morgan fingerprint density at radius 3 is 2.61 bits per heavy atom. The number of fused-ring (bicyclic) bond motifs is 1. The van der Waals surface area contributed by atoms with Gasteiger partial charge in [-0.2, -0.15) is 5.10 Å². The molecule has 2 heterocycles. The molecule has 5 heteroatoms. The van der Waals surface area contributed by atoms with Crippen molar-refractivity contribution in [2.45, 2.75) is 38.7 Å². The van der Waals surface area contributed by atoms with Crippen LogP contribution in [0.2, 0.25) is 0 Å². The fourth-order valence-electron chi connectivity index (χ4n) is 3.79. The Labute approximate surface area is 182 Å². The zero-order chi connectivity index (χ0) is 21.8. The lowest BCUT2D eigenvalue weighted by atomic mass is 9.97. The molecule has 0 bridgehead atoms. The van der Waals surface area contributed by atoms with Crippen LogP contribution in [0.15, 0.2) is 67.0 Å². The number of aliphatic hydroxyl groups is 1. The van der Waals surface area contributed by atoms with Gasteiger partial charge in [-0.1, -0.05) is 43.3 Å². The van der Waals surface area contributed by atoms with E-state index in [1.54, 1.807) is 4.68 Å². The van der Waals surface area contributed by atoms with Gasteiger partial charge in [0.15, 0.2) is 0 Å². The van der Waals surface area contributed by atoms with Crippen LogP contribution in [0.5, 0.6) is 0 Å². The molecule has 4 rings (SSSR count). The van der Waals surface area contributed by atoms with Gasteiger partial charge in [-0.15, -0.1) is 0 Å². The highest BCUT2D eigenvalue weighted by Crippen LogP contribution is 2.33. The van der Waals surface area contributed by atoms with E-state index < -0.39 is 6.10 Å². The van der Waals surface area contributed by atoms with Crippen LogP contribution in [-0.4, -0.2) is 31.8 Å². The Bertz CT molecular complexity index is 1200. The molecule has 31 heavy (non-hydrogen) atoms. The highest BCUT2D eigenvalue weighted by atomic mass is 16.3. The number of Topliss-reactive ketones (excluding diaryl/α,β-unsaturated/α-hetero) is 1. The molecule has 2 aromatic heterocycles. The second-order valence-corrected chi connectivity index (χ2v) is 8.00. The van der Waals surface area contributed by atoms with E-state index in [9.17, 15) is 9.90 Å². The van der Waals surface area contributed by atoms with Crippen LogP contribution in [-0.2, 0) is 18.3 Å². The fourth-order valence-corrected chi connectivity index (χ4v) is 3.79. The van der Waals surface area contributed by atoms with Crippen molar-refractivity contribution in [2.75, 3.05) is 0 Å². The van der Waals surface area contributed by atoms with E-state index in [0.717, 1.165) is 38.9 Å². The Hall–Kier alpha value is -3.31. The van der Waals surface area contributed by atoms with E-state index in [0.29, 0.717) is 25.7 Å². The molecule has 0 saturated heterocycles. The standard InChI is InChI=1S/C26H27N3O2/c1-3-22(30)10-11-23(31)14-18-9-12-25-20(13-18)15-24(19-7-5-4-6-8-19)26(28-25)21-16-27-29(2)17-21/h4-9,12-13,15-17,22,30H,3,10-11,14H2,1-2H3. The van der Waals surface area contributed by atoms with Gasteiger partial charge < -0.3 is 5.11 Å². The summed E-state index contributed by atoms with van der Waals surface area (Å²) >= 11 is 0. The number of aliphatic hydroxyl groups excluding tert-OH is 1. The van der Waals surface area contributed by atoms with Gasteiger partial charge in [-0.25, -0.2) is 4.98 Å². The maximum atomic E-state index is 12.4. The number of rotatable bonds is 8. The Morgan fingerprint density at radius 1 is 1.10 bits per heavy atom. The average Bonchev–Trinajstić information content (AvgIpc) is 3.23. The van der Waals surface area contributed by atoms with Crippen LogP contribution in [0, 0.1) is 0 Å². The van der Waals surface area contributed by atoms with Gasteiger partial charge in [0.2, 0.25) is 0 Å². The molecule has 0 spiro atoms. The Morgan fingerprint density at radius 2 is 1.90 bits per heavy atom. The number of aromatic nitrogens is 3. The van der Waals surface area contributed by atoms with Gasteiger partial charge in [0.1, 0.15) is 5.78 Å². The Kier molecular flexibility index (Phi) is 6.23. The van der Waals surface area contributed by atoms with Crippen LogP contribution < -0.4 is 0 Å². The quantitative estimate of drug-likeness (QED) is 0.443. The number of pyridine rings is 1. The van der Waals surface area contributed by atoms with Crippen LogP contribution in [0.1, 0.15) is 31.7 Å². The van der Waals surface area contributed by atoms with Crippen LogP contribution in [0.3, 0.4) is 0 Å². The van der Waals surface area contributed by atoms with E-state index in [1.165, 1.54) is 0 Å². The first-order chi connectivity index (χ1) is 15.0. The number of carbonyl (C=O) groups is 1. The summed E-state index contributed by atoms with van der Waals surface area (Å²) in [5.41, 5.74) is 5.84. The predicted molar refractivity (Wildman–Crippen MR) is 124 cm³/mol. The first kappa shape index (κ1) is 20.9. The van der Waals surface area contributed by atoms with Gasteiger partial charge in [-0.3, -0.25) is 9.48 Å². The first-order valence-corrected chi connectivity index (χ1v) is 10.7. The van der Waals surface area contributed by atoms with Crippen LogP contribution in [0.4, 0.5) is 0 Å². The molecule has 0 radical (unpaired) electrons. The summed E-state index contributed by atoms with van der Waals surface area (Å²) in [5, 5.41) is 15.0. The van der Waals surface area contributed by atoms with Crippen LogP contribution in [0.25, 0.3) is 33.3 Å². The minimum absolute atomic E-state index is 0.148. The lowest BCUT2D eigenvalue weighted by Crippen LogP contribution is -2.10. The Balaban J connectivity index is 1.70. The molecular formula is C26H27N3O2. The molecule has 158 valence electrons. The summed E-state index contributed by atoms with van der Waals surface area (Å²) in [5.74, 6) is 0.148. The van der Waals surface area contributed by atoms with Crippen molar-refractivity contribution in [3.8, 4) is 22.4 Å². The largest absolute Gasteiger partial charge is 0.393 e. The normalized spacial score (nSPS) is 12.2. The molecule has 0 saturated carbocycles. The molecule has 5 nitrogen and oxygen atoms in total. The van der Waals surface area contributed by atoms with E-state index >= 15 is 0 Å². The number of nitrogens with zero attached hydrogens (tertiary/aromatic N) is 3. The van der Waals surface area contributed by atoms with Crippen molar-refractivity contribution in [3.05, 3.63) is 72.6 Å². The molecule has 4 aromatic rings. The van der Waals surface area contributed by atoms with Crippen molar-refractivity contribution >= 4 is 16.7 Å². The maximum absolute atomic E-state index is 12.4. The van der Waals surface area contributed by atoms with E-state index in [1.807, 2.05) is 56.7 Å². The third-order valence-corrected chi connectivity index (χ3v) is 5.57. The maximum Gasteiger partial charge on any atom is 0.137 e. The van der Waals surface area contributed by atoms with Crippen molar-refractivity contribution < 1.29 is 9.90 Å².